The van der Waals surface area contributed by atoms with E-state index in [9.17, 15) is 4.79 Å². The van der Waals surface area contributed by atoms with Crippen molar-refractivity contribution in [1.82, 2.24) is 9.97 Å². The van der Waals surface area contributed by atoms with Crippen LogP contribution in [-0.2, 0) is 5.75 Å². The van der Waals surface area contributed by atoms with Crippen molar-refractivity contribution >= 4 is 42.5 Å². The van der Waals surface area contributed by atoms with Gasteiger partial charge in [-0.25, -0.2) is 9.97 Å². The normalized spacial score (nSPS) is 17.5. The van der Waals surface area contributed by atoms with Crippen LogP contribution in [0.25, 0.3) is 0 Å². The molecule has 0 radical (unpaired) electrons. The molecule has 0 spiro atoms. The average molecular weight is 354 g/mol. The van der Waals surface area contributed by atoms with E-state index in [1.165, 1.54) is 42.7 Å². The lowest BCUT2D eigenvalue weighted by atomic mass is 10.3. The van der Waals surface area contributed by atoms with Gasteiger partial charge in [0.1, 0.15) is 13.5 Å². The zero-order valence-electron chi connectivity index (χ0n) is 12.5. The Labute approximate surface area is 138 Å². The Balaban J connectivity index is 1.62. The number of thiazole rings is 1. The van der Waals surface area contributed by atoms with Crippen molar-refractivity contribution in [3.8, 4) is 0 Å². The molecule has 0 atom stereocenters. The number of aromatic nitrogens is 2. The van der Waals surface area contributed by atoms with Crippen LogP contribution in [0.5, 0.6) is 0 Å². The first-order valence-electron chi connectivity index (χ1n) is 7.40. The van der Waals surface area contributed by atoms with E-state index in [-0.39, 0.29) is 0 Å². The molecular weight excluding hydrogens is 334 g/mol. The topological polar surface area (TPSA) is 82.0 Å². The van der Waals surface area contributed by atoms with Crippen LogP contribution in [0.3, 0.4) is 0 Å². The van der Waals surface area contributed by atoms with E-state index in [1.807, 2.05) is 6.20 Å². The summed E-state index contributed by atoms with van der Waals surface area (Å²) in [6.45, 7) is 2.41. The molecule has 3 heterocycles. The van der Waals surface area contributed by atoms with Gasteiger partial charge < -0.3 is 10.2 Å². The molecule has 1 aliphatic rings. The maximum absolute atomic E-state index is 11.0. The van der Waals surface area contributed by atoms with Crippen LogP contribution in [0.4, 0.5) is 0 Å². The predicted octanol–water partition coefficient (Wildman–Crippen LogP) is 2.99. The minimum absolute atomic E-state index is 0.345. The van der Waals surface area contributed by atoms with E-state index < -0.39 is 14.0 Å². The average Bonchev–Trinajstić information content (AvgIpc) is 3.16. The highest BCUT2D eigenvalue weighted by atomic mass is 32.2. The molecule has 0 unspecified atom stereocenters. The number of hydrogen-bond donors (Lipinski definition) is 1. The second kappa shape index (κ2) is 6.55. The number of thioether (sulfide) groups is 1. The van der Waals surface area contributed by atoms with Gasteiger partial charge in [0.25, 0.3) is 5.91 Å². The molecule has 1 fully saturated rings. The van der Waals surface area contributed by atoms with Gasteiger partial charge in [0.2, 0.25) is 5.89 Å². The van der Waals surface area contributed by atoms with Crippen molar-refractivity contribution in [2.45, 2.75) is 47.9 Å². The van der Waals surface area contributed by atoms with Crippen molar-refractivity contribution in [3.05, 3.63) is 23.3 Å². The summed E-state index contributed by atoms with van der Waals surface area (Å²) in [4.78, 5) is 19.5. The molecule has 2 aromatic rings. The van der Waals surface area contributed by atoms with E-state index in [0.29, 0.717) is 10.8 Å². The molecule has 1 aliphatic heterocycles. The summed E-state index contributed by atoms with van der Waals surface area (Å²) >= 11 is 2.89. The maximum atomic E-state index is 11.0. The first-order valence-corrected chi connectivity index (χ1v) is 12.1. The lowest BCUT2D eigenvalue weighted by Crippen LogP contribution is -2.45. The Hall–Kier alpha value is -1.12. The Morgan fingerprint density at radius 1 is 1.36 bits per heavy atom. The summed E-state index contributed by atoms with van der Waals surface area (Å²) in [7, 11) is -1.42. The van der Waals surface area contributed by atoms with E-state index >= 15 is 0 Å². The van der Waals surface area contributed by atoms with Crippen LogP contribution in [0.1, 0.15) is 35.0 Å². The molecule has 2 N–H and O–H groups in total. The first kappa shape index (κ1) is 15.8. The molecule has 5 nitrogen and oxygen atoms in total. The molecule has 1 amide bonds. The molecule has 0 aromatic carbocycles. The minimum Gasteiger partial charge on any atom is -0.450 e. The summed E-state index contributed by atoms with van der Waals surface area (Å²) in [6.07, 6.45) is 7.62. The zero-order valence-corrected chi connectivity index (χ0v) is 15.1. The molecule has 0 bridgehead atoms. The van der Waals surface area contributed by atoms with Crippen molar-refractivity contribution in [2.75, 3.05) is 0 Å². The van der Waals surface area contributed by atoms with Gasteiger partial charge >= 0.3 is 0 Å². The number of carbonyl (C=O) groups excluding carboxylic acids is 1. The molecule has 22 heavy (non-hydrogen) atoms. The summed E-state index contributed by atoms with van der Waals surface area (Å²) in [6, 6.07) is 2.62. The quantitative estimate of drug-likeness (QED) is 0.660. The molecule has 1 saturated heterocycles. The van der Waals surface area contributed by atoms with Gasteiger partial charge in [-0.3, -0.25) is 4.79 Å². The van der Waals surface area contributed by atoms with Gasteiger partial charge in [0, 0.05) is 0 Å². The molecule has 2 aromatic heterocycles. The maximum Gasteiger partial charge on any atom is 0.277 e. The van der Waals surface area contributed by atoms with Gasteiger partial charge in [0.05, 0.1) is 22.4 Å². The smallest absolute Gasteiger partial charge is 0.277 e. The van der Waals surface area contributed by atoms with E-state index in [1.54, 1.807) is 18.0 Å². The largest absolute Gasteiger partial charge is 0.450 e. The lowest BCUT2D eigenvalue weighted by Gasteiger charge is -2.28. The third-order valence-corrected chi connectivity index (χ3v) is 10.7. The fourth-order valence-electron chi connectivity index (χ4n) is 2.81. The first-order chi connectivity index (χ1) is 10.6. The van der Waals surface area contributed by atoms with Crippen molar-refractivity contribution in [3.63, 3.8) is 0 Å². The Bertz CT molecular complexity index is 665. The van der Waals surface area contributed by atoms with Gasteiger partial charge in [-0.2, -0.15) is 0 Å². The summed E-state index contributed by atoms with van der Waals surface area (Å²) < 4.78 is 6.98. The minimum atomic E-state index is -1.42. The van der Waals surface area contributed by atoms with Gasteiger partial charge in [-0.15, -0.1) is 23.1 Å². The number of nitrogens with zero attached hydrogens (tertiary/aromatic N) is 2. The van der Waals surface area contributed by atoms with Crippen LogP contribution in [0, 0.1) is 0 Å². The van der Waals surface area contributed by atoms with Gasteiger partial charge in [0.15, 0.2) is 5.01 Å². The second-order valence-electron chi connectivity index (χ2n) is 5.88. The standard InChI is InChI=1S/C14H19N3O2S2Si/c1-22(5-3-2-4-6-22)11-7-16-10(19-11)9-20-12-8-17-14(21-12)13(15)18/h7-8H,2-6,9H2,1H3,(H2,15,18). The number of nitrogens with two attached hydrogens (primary N) is 1. The van der Waals surface area contributed by atoms with E-state index in [2.05, 4.69) is 16.5 Å². The van der Waals surface area contributed by atoms with Crippen LogP contribution in [0.2, 0.25) is 18.6 Å². The number of primary amides is 1. The Kier molecular flexibility index (Phi) is 4.69. The van der Waals surface area contributed by atoms with Crippen LogP contribution >= 0.6 is 23.1 Å². The number of hydrogen-bond acceptors (Lipinski definition) is 6. The fourth-order valence-corrected chi connectivity index (χ4v) is 8.03. The Morgan fingerprint density at radius 3 is 2.82 bits per heavy atom. The van der Waals surface area contributed by atoms with Crippen molar-refractivity contribution in [2.24, 2.45) is 5.73 Å². The SMILES string of the molecule is C[Si]1(c2cnc(CSc3cnc(C(N)=O)s3)o2)CCCCC1. The van der Waals surface area contributed by atoms with Gasteiger partial charge in [-0.05, 0) is 0 Å². The summed E-state index contributed by atoms with van der Waals surface area (Å²) in [5, 5.41) is 1.49. The highest BCUT2D eigenvalue weighted by Gasteiger charge is 2.35. The molecule has 0 saturated carbocycles. The van der Waals surface area contributed by atoms with Crippen molar-refractivity contribution in [1.29, 1.82) is 0 Å². The predicted molar refractivity (Wildman–Crippen MR) is 91.4 cm³/mol. The lowest BCUT2D eigenvalue weighted by molar-refractivity contribution is 0.1000. The molecule has 3 rings (SSSR count). The highest BCUT2D eigenvalue weighted by molar-refractivity contribution is 8.00. The molecular formula is C14H19N3O2S2Si. The number of carbonyl (C=O) groups is 1. The van der Waals surface area contributed by atoms with Crippen LogP contribution in [0.15, 0.2) is 21.0 Å². The van der Waals surface area contributed by atoms with Crippen LogP contribution in [-0.4, -0.2) is 23.9 Å². The third kappa shape index (κ3) is 3.44. The summed E-state index contributed by atoms with van der Waals surface area (Å²) in [5.74, 6) is 0.935. The zero-order chi connectivity index (χ0) is 15.6. The number of rotatable bonds is 5. The Morgan fingerprint density at radius 2 is 2.14 bits per heavy atom. The second-order valence-corrected chi connectivity index (χ2v) is 12.8. The number of oxazole rings is 1. The van der Waals surface area contributed by atoms with E-state index in [4.69, 9.17) is 10.2 Å². The van der Waals surface area contributed by atoms with Gasteiger partial charge in [-0.1, -0.05) is 37.9 Å². The van der Waals surface area contributed by atoms with Crippen LogP contribution < -0.4 is 11.1 Å². The molecule has 118 valence electrons. The third-order valence-electron chi connectivity index (χ3n) is 4.14. The number of amides is 1. The summed E-state index contributed by atoms with van der Waals surface area (Å²) in [5.41, 5.74) is 5.21. The highest BCUT2D eigenvalue weighted by Crippen LogP contribution is 2.30. The molecule has 0 aliphatic carbocycles. The fraction of sp³-hybridized carbons (Fsp3) is 0.500. The molecule has 8 heteroatoms. The van der Waals surface area contributed by atoms with E-state index in [0.717, 1.165) is 15.5 Å². The van der Waals surface area contributed by atoms with Crippen molar-refractivity contribution < 1.29 is 9.21 Å². The monoisotopic (exact) mass is 353 g/mol.